The maximum Gasteiger partial charge on any atom is 0.256 e. The summed E-state index contributed by atoms with van der Waals surface area (Å²) < 4.78 is 1.75. The van der Waals surface area contributed by atoms with Crippen molar-refractivity contribution in [1.29, 1.82) is 0 Å². The van der Waals surface area contributed by atoms with Gasteiger partial charge in [0.1, 0.15) is 0 Å². The number of rotatable bonds is 3. The molecule has 2 N–H and O–H groups in total. The summed E-state index contributed by atoms with van der Waals surface area (Å²) in [5, 5.41) is 8.52. The molecule has 0 radical (unpaired) electrons. The molecular weight excluding hydrogens is 336 g/mol. The molecule has 5 rings (SSSR count). The van der Waals surface area contributed by atoms with E-state index in [0.717, 1.165) is 24.0 Å². The lowest BCUT2D eigenvalue weighted by Crippen LogP contribution is -2.12. The van der Waals surface area contributed by atoms with Crippen molar-refractivity contribution in [3.05, 3.63) is 77.6 Å². The molecule has 2 aromatic heterocycles. The van der Waals surface area contributed by atoms with Gasteiger partial charge in [-0.15, -0.1) is 0 Å². The van der Waals surface area contributed by atoms with Gasteiger partial charge < -0.3 is 10.3 Å². The summed E-state index contributed by atoms with van der Waals surface area (Å²) >= 11 is 0. The van der Waals surface area contributed by atoms with Crippen LogP contribution in [0.5, 0.6) is 0 Å². The first-order chi connectivity index (χ1) is 13.3. The van der Waals surface area contributed by atoms with E-state index >= 15 is 0 Å². The zero-order chi connectivity index (χ0) is 18.2. The fourth-order valence-corrected chi connectivity index (χ4v) is 3.85. The van der Waals surface area contributed by atoms with Gasteiger partial charge in [0.05, 0.1) is 5.69 Å². The van der Waals surface area contributed by atoms with Crippen molar-refractivity contribution in [3.63, 3.8) is 0 Å². The zero-order valence-corrected chi connectivity index (χ0v) is 14.9. The molecule has 0 bridgehead atoms. The maximum atomic E-state index is 12.7. The number of carbonyl (C=O) groups is 1. The van der Waals surface area contributed by atoms with Crippen LogP contribution in [0.3, 0.4) is 0 Å². The standard InChI is InChI=1S/C22H20N4O/c27-22(24-21-12-13-26(25-21)16-6-2-1-3-7-16)15-10-11-20-18(14-15)17-8-4-5-9-19(17)23-20/h1-3,6-7,10-14,23H,4-5,8-9H2,(H,24,25,27). The van der Waals surface area contributed by atoms with Crippen LogP contribution in [0.25, 0.3) is 16.6 Å². The molecule has 2 aromatic carbocycles. The third-order valence-electron chi connectivity index (χ3n) is 5.21. The zero-order valence-electron chi connectivity index (χ0n) is 14.9. The van der Waals surface area contributed by atoms with Crippen LogP contribution in [0.2, 0.25) is 0 Å². The Balaban J connectivity index is 1.40. The lowest BCUT2D eigenvalue weighted by atomic mass is 9.95. The average molecular weight is 356 g/mol. The lowest BCUT2D eigenvalue weighted by Gasteiger charge is -2.10. The number of benzene rings is 2. The van der Waals surface area contributed by atoms with Crippen LogP contribution in [-0.4, -0.2) is 20.7 Å². The molecule has 0 fully saturated rings. The number of hydrogen-bond acceptors (Lipinski definition) is 2. The fourth-order valence-electron chi connectivity index (χ4n) is 3.85. The number of aryl methyl sites for hydroxylation is 2. The van der Waals surface area contributed by atoms with E-state index in [9.17, 15) is 4.79 Å². The fraction of sp³-hybridized carbons (Fsp3) is 0.182. The molecule has 0 unspecified atom stereocenters. The van der Waals surface area contributed by atoms with Gasteiger partial charge in [-0.1, -0.05) is 18.2 Å². The summed E-state index contributed by atoms with van der Waals surface area (Å²) in [4.78, 5) is 16.2. The summed E-state index contributed by atoms with van der Waals surface area (Å²) in [5.74, 6) is 0.404. The number of anilines is 1. The van der Waals surface area contributed by atoms with Gasteiger partial charge in [-0.05, 0) is 61.6 Å². The molecule has 0 spiro atoms. The molecule has 0 aliphatic heterocycles. The Hall–Kier alpha value is -3.34. The second kappa shape index (κ2) is 6.43. The van der Waals surface area contributed by atoms with Crippen LogP contribution in [0, 0.1) is 0 Å². The number of aromatic nitrogens is 3. The van der Waals surface area contributed by atoms with Gasteiger partial charge >= 0.3 is 0 Å². The van der Waals surface area contributed by atoms with Crippen molar-refractivity contribution in [3.8, 4) is 5.69 Å². The van der Waals surface area contributed by atoms with E-state index in [2.05, 4.69) is 15.4 Å². The molecule has 4 aromatic rings. The largest absolute Gasteiger partial charge is 0.358 e. The summed E-state index contributed by atoms with van der Waals surface area (Å²) in [6, 6.07) is 17.5. The molecule has 0 saturated carbocycles. The molecule has 0 atom stereocenters. The van der Waals surface area contributed by atoms with Crippen LogP contribution < -0.4 is 5.32 Å². The van der Waals surface area contributed by atoms with Crippen molar-refractivity contribution in [2.24, 2.45) is 0 Å². The van der Waals surface area contributed by atoms with Crippen LogP contribution in [-0.2, 0) is 12.8 Å². The Morgan fingerprint density at radius 2 is 1.89 bits per heavy atom. The van der Waals surface area contributed by atoms with Gasteiger partial charge in [-0.3, -0.25) is 4.79 Å². The molecule has 134 valence electrons. The highest BCUT2D eigenvalue weighted by Crippen LogP contribution is 2.29. The molecule has 0 saturated heterocycles. The van der Waals surface area contributed by atoms with Gasteiger partial charge in [0.25, 0.3) is 5.91 Å². The highest BCUT2D eigenvalue weighted by molar-refractivity contribution is 6.06. The molecule has 27 heavy (non-hydrogen) atoms. The molecule has 2 heterocycles. The smallest absolute Gasteiger partial charge is 0.256 e. The number of carbonyl (C=O) groups excluding carboxylic acids is 1. The lowest BCUT2D eigenvalue weighted by molar-refractivity contribution is 0.102. The topological polar surface area (TPSA) is 62.7 Å². The quantitative estimate of drug-likeness (QED) is 0.568. The van der Waals surface area contributed by atoms with E-state index in [4.69, 9.17) is 0 Å². The predicted molar refractivity (Wildman–Crippen MR) is 106 cm³/mol. The van der Waals surface area contributed by atoms with Crippen molar-refractivity contribution in [2.45, 2.75) is 25.7 Å². The van der Waals surface area contributed by atoms with Crippen LogP contribution in [0.4, 0.5) is 5.82 Å². The molecule has 5 heteroatoms. The summed E-state index contributed by atoms with van der Waals surface area (Å²) in [6.45, 7) is 0. The summed E-state index contributed by atoms with van der Waals surface area (Å²) in [7, 11) is 0. The number of hydrogen-bond donors (Lipinski definition) is 2. The minimum atomic E-state index is -0.138. The van der Waals surface area contributed by atoms with Crippen molar-refractivity contribution in [1.82, 2.24) is 14.8 Å². The second-order valence-electron chi connectivity index (χ2n) is 6.98. The first-order valence-corrected chi connectivity index (χ1v) is 9.34. The molecule has 1 aliphatic rings. The first-order valence-electron chi connectivity index (χ1n) is 9.34. The average Bonchev–Trinajstić information content (AvgIpc) is 3.32. The van der Waals surface area contributed by atoms with Gasteiger partial charge in [-0.25, -0.2) is 4.68 Å². The molecular formula is C22H20N4O. The minimum absolute atomic E-state index is 0.138. The van der Waals surface area contributed by atoms with E-state index < -0.39 is 0 Å². The number of para-hydroxylation sites is 1. The third-order valence-corrected chi connectivity index (χ3v) is 5.21. The Bertz CT molecular complexity index is 1120. The number of nitrogens with one attached hydrogen (secondary N) is 2. The molecule has 5 nitrogen and oxygen atoms in total. The molecule has 1 amide bonds. The number of aromatic amines is 1. The molecule has 1 aliphatic carbocycles. The van der Waals surface area contributed by atoms with Crippen LogP contribution in [0.15, 0.2) is 60.8 Å². The number of nitrogens with zero attached hydrogens (tertiary/aromatic N) is 2. The summed E-state index contributed by atoms with van der Waals surface area (Å²) in [5.41, 5.74) is 5.43. The SMILES string of the molecule is O=C(Nc1ccn(-c2ccccc2)n1)c1ccc2[nH]c3c(c2c1)CCCC3. The van der Waals surface area contributed by atoms with Crippen molar-refractivity contribution in [2.75, 3.05) is 5.32 Å². The summed E-state index contributed by atoms with van der Waals surface area (Å²) in [6.07, 6.45) is 6.48. The number of fused-ring (bicyclic) bond motifs is 3. The van der Waals surface area contributed by atoms with E-state index in [-0.39, 0.29) is 5.91 Å². The normalized spacial score (nSPS) is 13.5. The Labute approximate surface area is 157 Å². The first kappa shape index (κ1) is 15.9. The Kier molecular flexibility index (Phi) is 3.78. The Morgan fingerprint density at radius 3 is 2.78 bits per heavy atom. The maximum absolute atomic E-state index is 12.7. The van der Waals surface area contributed by atoms with E-state index in [0.29, 0.717) is 11.4 Å². The van der Waals surface area contributed by atoms with Crippen LogP contribution in [0.1, 0.15) is 34.5 Å². The number of amides is 1. The second-order valence-corrected chi connectivity index (χ2v) is 6.98. The van der Waals surface area contributed by atoms with Gasteiger partial charge in [0.2, 0.25) is 0 Å². The Morgan fingerprint density at radius 1 is 1.04 bits per heavy atom. The van der Waals surface area contributed by atoms with Crippen LogP contribution >= 0.6 is 0 Å². The van der Waals surface area contributed by atoms with Gasteiger partial charge in [0.15, 0.2) is 5.82 Å². The number of H-pyrrole nitrogens is 1. The van der Waals surface area contributed by atoms with E-state index in [1.165, 1.54) is 29.5 Å². The highest BCUT2D eigenvalue weighted by atomic mass is 16.1. The third kappa shape index (κ3) is 2.91. The highest BCUT2D eigenvalue weighted by Gasteiger charge is 2.17. The van der Waals surface area contributed by atoms with E-state index in [1.807, 2.05) is 60.8 Å². The monoisotopic (exact) mass is 356 g/mol. The van der Waals surface area contributed by atoms with Crippen molar-refractivity contribution < 1.29 is 4.79 Å². The predicted octanol–water partition coefficient (Wildman–Crippen LogP) is 4.48. The van der Waals surface area contributed by atoms with E-state index in [1.54, 1.807) is 4.68 Å². The van der Waals surface area contributed by atoms with Crippen molar-refractivity contribution >= 4 is 22.6 Å². The van der Waals surface area contributed by atoms with Gasteiger partial charge in [-0.2, -0.15) is 5.10 Å². The minimum Gasteiger partial charge on any atom is -0.358 e. The van der Waals surface area contributed by atoms with Gasteiger partial charge in [0, 0.05) is 34.4 Å².